The van der Waals surface area contributed by atoms with Gasteiger partial charge in [0.15, 0.2) is 5.79 Å². The molecule has 1 heterocycles. The second-order valence-electron chi connectivity index (χ2n) is 4.41. The van der Waals surface area contributed by atoms with Crippen LogP contribution in [0.25, 0.3) is 0 Å². The lowest BCUT2D eigenvalue weighted by molar-refractivity contribution is -0.147. The van der Waals surface area contributed by atoms with Crippen molar-refractivity contribution in [3.8, 4) is 0 Å². The Balaban J connectivity index is 2.22. The Hall–Kier alpha value is -0.860. The Morgan fingerprint density at radius 3 is 2.40 bits per heavy atom. The van der Waals surface area contributed by atoms with Gasteiger partial charge in [0.25, 0.3) is 0 Å². The van der Waals surface area contributed by atoms with Gasteiger partial charge >= 0.3 is 0 Å². The van der Waals surface area contributed by atoms with Crippen molar-refractivity contribution >= 4 is 0 Å². The molecule has 0 aromatic heterocycles. The normalized spacial score (nSPS) is 29.3. The van der Waals surface area contributed by atoms with E-state index in [1.807, 2.05) is 32.0 Å². The smallest absolute Gasteiger partial charge is 0.164 e. The zero-order valence-electron chi connectivity index (χ0n) is 9.57. The Bertz CT molecular complexity index is 319. The van der Waals surface area contributed by atoms with Crippen molar-refractivity contribution in [2.45, 2.75) is 45.2 Å². The minimum Gasteiger partial charge on any atom is -0.344 e. The predicted molar refractivity (Wildman–Crippen MR) is 59.5 cm³/mol. The molecule has 2 heteroatoms. The molecule has 0 aliphatic carbocycles. The lowest BCUT2D eigenvalue weighted by Gasteiger charge is -2.16. The summed E-state index contributed by atoms with van der Waals surface area (Å²) in [7, 11) is 0. The van der Waals surface area contributed by atoms with Crippen LogP contribution in [0, 0.1) is 0 Å². The molecule has 0 radical (unpaired) electrons. The monoisotopic (exact) mass is 206 g/mol. The maximum Gasteiger partial charge on any atom is 0.164 e. The molecule has 2 unspecified atom stereocenters. The van der Waals surface area contributed by atoms with Crippen LogP contribution in [0.15, 0.2) is 30.3 Å². The van der Waals surface area contributed by atoms with Gasteiger partial charge in [-0.05, 0) is 25.8 Å². The maximum absolute atomic E-state index is 5.92. The first kappa shape index (κ1) is 10.7. The molecule has 2 rings (SSSR count). The van der Waals surface area contributed by atoms with Gasteiger partial charge in [0.1, 0.15) is 6.10 Å². The van der Waals surface area contributed by atoms with E-state index in [0.29, 0.717) is 0 Å². The fourth-order valence-electron chi connectivity index (χ4n) is 2.06. The molecule has 1 aliphatic heterocycles. The van der Waals surface area contributed by atoms with E-state index in [9.17, 15) is 0 Å². The van der Waals surface area contributed by atoms with Crippen LogP contribution < -0.4 is 0 Å². The molecule has 1 aliphatic rings. The van der Waals surface area contributed by atoms with Gasteiger partial charge < -0.3 is 9.47 Å². The van der Waals surface area contributed by atoms with Crippen LogP contribution in [0.1, 0.15) is 38.9 Å². The molecule has 0 amide bonds. The van der Waals surface area contributed by atoms with Crippen LogP contribution in [-0.4, -0.2) is 11.9 Å². The van der Waals surface area contributed by atoms with Crippen LogP contribution in [0.5, 0.6) is 0 Å². The summed E-state index contributed by atoms with van der Waals surface area (Å²) in [4.78, 5) is 0. The molecule has 0 saturated carbocycles. The quantitative estimate of drug-likeness (QED) is 0.739. The summed E-state index contributed by atoms with van der Waals surface area (Å²) >= 11 is 0. The van der Waals surface area contributed by atoms with E-state index in [-0.39, 0.29) is 12.2 Å². The van der Waals surface area contributed by atoms with Gasteiger partial charge in [0.2, 0.25) is 0 Å². The van der Waals surface area contributed by atoms with Gasteiger partial charge in [0.05, 0.1) is 6.10 Å². The first-order chi connectivity index (χ1) is 7.12. The number of hydrogen-bond donors (Lipinski definition) is 0. The largest absolute Gasteiger partial charge is 0.344 e. The van der Waals surface area contributed by atoms with Crippen molar-refractivity contribution in [3.63, 3.8) is 0 Å². The highest BCUT2D eigenvalue weighted by molar-refractivity contribution is 5.19. The molecule has 2 nitrogen and oxygen atoms in total. The average molecular weight is 206 g/mol. The second-order valence-corrected chi connectivity index (χ2v) is 4.41. The number of rotatable bonds is 2. The molecule has 0 bridgehead atoms. The van der Waals surface area contributed by atoms with Crippen LogP contribution in [0.2, 0.25) is 0 Å². The fourth-order valence-corrected chi connectivity index (χ4v) is 2.06. The highest BCUT2D eigenvalue weighted by atomic mass is 16.7. The van der Waals surface area contributed by atoms with Crippen molar-refractivity contribution in [1.29, 1.82) is 0 Å². The van der Waals surface area contributed by atoms with Crippen LogP contribution in [-0.2, 0) is 9.47 Å². The molecular formula is C13H18O2. The number of hydrogen-bond acceptors (Lipinski definition) is 2. The third kappa shape index (κ3) is 2.21. The Morgan fingerprint density at radius 2 is 1.80 bits per heavy atom. The summed E-state index contributed by atoms with van der Waals surface area (Å²) in [5.41, 5.74) is 1.20. The highest BCUT2D eigenvalue weighted by Crippen LogP contribution is 2.39. The van der Waals surface area contributed by atoms with Crippen molar-refractivity contribution in [1.82, 2.24) is 0 Å². The zero-order valence-corrected chi connectivity index (χ0v) is 9.57. The predicted octanol–water partition coefficient (Wildman–Crippen LogP) is 3.29. The van der Waals surface area contributed by atoms with E-state index < -0.39 is 5.79 Å². The minimum absolute atomic E-state index is 0.0752. The summed E-state index contributed by atoms with van der Waals surface area (Å²) < 4.78 is 11.8. The second kappa shape index (κ2) is 3.95. The number of ether oxygens (including phenoxy) is 2. The molecule has 1 fully saturated rings. The molecule has 15 heavy (non-hydrogen) atoms. The maximum atomic E-state index is 5.92. The lowest BCUT2D eigenvalue weighted by atomic mass is 10.0. The molecule has 82 valence electrons. The Morgan fingerprint density at radius 1 is 1.13 bits per heavy atom. The van der Waals surface area contributed by atoms with Crippen LogP contribution in [0.3, 0.4) is 0 Å². The van der Waals surface area contributed by atoms with Crippen molar-refractivity contribution in [3.05, 3.63) is 35.9 Å². The van der Waals surface area contributed by atoms with E-state index in [1.54, 1.807) is 0 Å². The summed E-state index contributed by atoms with van der Waals surface area (Å²) in [5, 5.41) is 0. The SMILES string of the molecule is CCC1OC(C)(C)OC1c1ccccc1. The molecular weight excluding hydrogens is 188 g/mol. The van der Waals surface area contributed by atoms with Crippen molar-refractivity contribution < 1.29 is 9.47 Å². The van der Waals surface area contributed by atoms with Gasteiger partial charge in [0, 0.05) is 0 Å². The Labute approximate surface area is 91.2 Å². The summed E-state index contributed by atoms with van der Waals surface area (Å²) in [6.45, 7) is 6.07. The van der Waals surface area contributed by atoms with Gasteiger partial charge in [-0.3, -0.25) is 0 Å². The summed E-state index contributed by atoms with van der Waals surface area (Å²) in [6.07, 6.45) is 1.22. The van der Waals surface area contributed by atoms with Crippen molar-refractivity contribution in [2.24, 2.45) is 0 Å². The lowest BCUT2D eigenvalue weighted by Crippen LogP contribution is -2.21. The van der Waals surface area contributed by atoms with E-state index in [2.05, 4.69) is 19.1 Å². The summed E-state index contributed by atoms with van der Waals surface area (Å²) in [6, 6.07) is 10.3. The van der Waals surface area contributed by atoms with Gasteiger partial charge in [-0.25, -0.2) is 0 Å². The third-order valence-electron chi connectivity index (χ3n) is 2.71. The minimum atomic E-state index is -0.457. The van der Waals surface area contributed by atoms with Crippen LogP contribution in [0.4, 0.5) is 0 Å². The average Bonchev–Trinajstić information content (AvgIpc) is 2.55. The first-order valence-corrected chi connectivity index (χ1v) is 5.53. The third-order valence-corrected chi connectivity index (χ3v) is 2.71. The van der Waals surface area contributed by atoms with Gasteiger partial charge in [-0.15, -0.1) is 0 Å². The number of benzene rings is 1. The van der Waals surface area contributed by atoms with Gasteiger partial charge in [-0.2, -0.15) is 0 Å². The standard InChI is InChI=1S/C13H18O2/c1-4-11-12(15-13(2,3)14-11)10-8-6-5-7-9-10/h5-9,11-12H,4H2,1-3H3. The Kier molecular flexibility index (Phi) is 2.81. The highest BCUT2D eigenvalue weighted by Gasteiger charge is 2.40. The first-order valence-electron chi connectivity index (χ1n) is 5.53. The molecule has 1 aromatic rings. The fraction of sp³-hybridized carbons (Fsp3) is 0.538. The molecule has 1 aromatic carbocycles. The molecule has 2 atom stereocenters. The molecule has 0 spiro atoms. The molecule has 0 N–H and O–H groups in total. The molecule has 1 saturated heterocycles. The summed E-state index contributed by atoms with van der Waals surface area (Å²) in [5.74, 6) is -0.457. The van der Waals surface area contributed by atoms with E-state index >= 15 is 0 Å². The topological polar surface area (TPSA) is 18.5 Å². The van der Waals surface area contributed by atoms with E-state index in [0.717, 1.165) is 6.42 Å². The van der Waals surface area contributed by atoms with Crippen molar-refractivity contribution in [2.75, 3.05) is 0 Å². The van der Waals surface area contributed by atoms with E-state index in [4.69, 9.17) is 9.47 Å². The van der Waals surface area contributed by atoms with Gasteiger partial charge in [-0.1, -0.05) is 37.3 Å². The van der Waals surface area contributed by atoms with E-state index in [1.165, 1.54) is 5.56 Å². The van der Waals surface area contributed by atoms with Crippen LogP contribution >= 0.6 is 0 Å². The zero-order chi connectivity index (χ0) is 10.9.